The van der Waals surface area contributed by atoms with Gasteiger partial charge in [0.2, 0.25) is 5.91 Å². The summed E-state index contributed by atoms with van der Waals surface area (Å²) in [5.74, 6) is 0.201. The van der Waals surface area contributed by atoms with Gasteiger partial charge in [0.25, 0.3) is 5.91 Å². The van der Waals surface area contributed by atoms with E-state index < -0.39 is 12.1 Å². The lowest BCUT2D eigenvalue weighted by molar-refractivity contribution is -0.132. The molecule has 2 aromatic rings. The maximum atomic E-state index is 12.8. The van der Waals surface area contributed by atoms with Gasteiger partial charge in [0.15, 0.2) is 6.10 Å². The molecule has 1 fully saturated rings. The molecule has 0 radical (unpaired) electrons. The van der Waals surface area contributed by atoms with E-state index in [1.54, 1.807) is 6.92 Å². The SMILES string of the molecule is CC(Oc1cccc(C(C)(C)C)c1)C(=O)NC(Cc1ccccc1)C(=O)NC1CC1. The van der Waals surface area contributed by atoms with Crippen LogP contribution in [-0.4, -0.2) is 30.0 Å². The predicted molar refractivity (Wildman–Crippen MR) is 118 cm³/mol. The molecule has 2 aromatic carbocycles. The molecule has 3 rings (SSSR count). The van der Waals surface area contributed by atoms with Crippen LogP contribution in [0.15, 0.2) is 54.6 Å². The Morgan fingerprint density at radius 3 is 2.37 bits per heavy atom. The van der Waals surface area contributed by atoms with Crippen LogP contribution in [0.25, 0.3) is 0 Å². The summed E-state index contributed by atoms with van der Waals surface area (Å²) in [7, 11) is 0. The Morgan fingerprint density at radius 1 is 1.03 bits per heavy atom. The van der Waals surface area contributed by atoms with Crippen LogP contribution in [0.1, 0.15) is 51.7 Å². The van der Waals surface area contributed by atoms with Crippen LogP contribution in [0, 0.1) is 0 Å². The maximum absolute atomic E-state index is 12.8. The fraction of sp³-hybridized carbons (Fsp3) is 0.440. The molecular weight excluding hydrogens is 376 g/mol. The summed E-state index contributed by atoms with van der Waals surface area (Å²) in [5.41, 5.74) is 2.13. The second kappa shape index (κ2) is 9.33. The summed E-state index contributed by atoms with van der Waals surface area (Å²) >= 11 is 0. The molecule has 2 amide bonds. The smallest absolute Gasteiger partial charge is 0.261 e. The first-order valence-corrected chi connectivity index (χ1v) is 10.6. The van der Waals surface area contributed by atoms with Gasteiger partial charge in [-0.05, 0) is 48.4 Å². The van der Waals surface area contributed by atoms with Crippen molar-refractivity contribution in [2.75, 3.05) is 0 Å². The summed E-state index contributed by atoms with van der Waals surface area (Å²) in [4.78, 5) is 25.5. The lowest BCUT2D eigenvalue weighted by atomic mass is 9.87. The second-order valence-electron chi connectivity index (χ2n) is 9.07. The van der Waals surface area contributed by atoms with Gasteiger partial charge in [0, 0.05) is 12.5 Å². The predicted octanol–water partition coefficient (Wildman–Crippen LogP) is 3.76. The van der Waals surface area contributed by atoms with Gasteiger partial charge < -0.3 is 15.4 Å². The lowest BCUT2D eigenvalue weighted by Gasteiger charge is -2.23. The normalized spacial score (nSPS) is 15.7. The fourth-order valence-corrected chi connectivity index (χ4v) is 3.17. The third-order valence-electron chi connectivity index (χ3n) is 5.22. The van der Waals surface area contributed by atoms with Crippen LogP contribution in [0.3, 0.4) is 0 Å². The minimum Gasteiger partial charge on any atom is -0.481 e. The fourth-order valence-electron chi connectivity index (χ4n) is 3.17. The Morgan fingerprint density at radius 2 is 1.73 bits per heavy atom. The first-order chi connectivity index (χ1) is 14.2. The molecule has 2 N–H and O–H groups in total. The average molecular weight is 409 g/mol. The van der Waals surface area contributed by atoms with E-state index in [2.05, 4.69) is 37.5 Å². The van der Waals surface area contributed by atoms with Crippen LogP contribution in [0.4, 0.5) is 0 Å². The van der Waals surface area contributed by atoms with Gasteiger partial charge in [0.05, 0.1) is 0 Å². The zero-order chi connectivity index (χ0) is 21.7. The third kappa shape index (κ3) is 6.34. The second-order valence-corrected chi connectivity index (χ2v) is 9.07. The minimum atomic E-state index is -0.716. The number of hydrogen-bond acceptors (Lipinski definition) is 3. The molecule has 1 aliphatic carbocycles. The van der Waals surface area contributed by atoms with Crippen molar-refractivity contribution in [1.29, 1.82) is 0 Å². The standard InChI is InChI=1S/C25H32N2O3/c1-17(30-21-12-8-11-19(16-21)25(2,3)4)23(28)27-22(24(29)26-20-13-14-20)15-18-9-6-5-7-10-18/h5-12,16-17,20,22H,13-15H2,1-4H3,(H,26,29)(H,27,28). The Balaban J connectivity index is 1.65. The van der Waals surface area contributed by atoms with E-state index in [1.807, 2.05) is 48.5 Å². The molecule has 2 unspecified atom stereocenters. The summed E-state index contributed by atoms with van der Waals surface area (Å²) in [6.45, 7) is 8.11. The summed E-state index contributed by atoms with van der Waals surface area (Å²) in [5, 5.41) is 5.89. The first-order valence-electron chi connectivity index (χ1n) is 10.6. The van der Waals surface area contributed by atoms with Crippen molar-refractivity contribution in [3.63, 3.8) is 0 Å². The molecule has 0 heterocycles. The van der Waals surface area contributed by atoms with Gasteiger partial charge in [-0.25, -0.2) is 0 Å². The lowest BCUT2D eigenvalue weighted by Crippen LogP contribution is -2.51. The maximum Gasteiger partial charge on any atom is 0.261 e. The van der Waals surface area contributed by atoms with Crippen molar-refractivity contribution in [3.05, 3.63) is 65.7 Å². The largest absolute Gasteiger partial charge is 0.481 e. The van der Waals surface area contributed by atoms with E-state index >= 15 is 0 Å². The molecule has 0 bridgehead atoms. The minimum absolute atomic E-state index is 0.00740. The quantitative estimate of drug-likeness (QED) is 0.699. The number of ether oxygens (including phenoxy) is 1. The molecule has 0 saturated heterocycles. The van der Waals surface area contributed by atoms with Crippen molar-refractivity contribution >= 4 is 11.8 Å². The van der Waals surface area contributed by atoms with E-state index in [9.17, 15) is 9.59 Å². The molecule has 160 valence electrons. The van der Waals surface area contributed by atoms with Crippen LogP contribution < -0.4 is 15.4 Å². The zero-order valence-electron chi connectivity index (χ0n) is 18.3. The molecule has 5 heteroatoms. The van der Waals surface area contributed by atoms with Crippen LogP contribution in [-0.2, 0) is 21.4 Å². The zero-order valence-corrected chi connectivity index (χ0v) is 18.3. The van der Waals surface area contributed by atoms with Crippen molar-refractivity contribution < 1.29 is 14.3 Å². The first kappa shape index (κ1) is 21.9. The number of rotatable bonds is 8. The van der Waals surface area contributed by atoms with Crippen LogP contribution in [0.2, 0.25) is 0 Å². The summed E-state index contributed by atoms with van der Waals surface area (Å²) in [6, 6.07) is 17.1. The van der Waals surface area contributed by atoms with Gasteiger partial charge in [-0.3, -0.25) is 9.59 Å². The van der Waals surface area contributed by atoms with E-state index in [0.717, 1.165) is 24.0 Å². The highest BCUT2D eigenvalue weighted by molar-refractivity contribution is 5.89. The number of carbonyl (C=O) groups excluding carboxylic acids is 2. The van der Waals surface area contributed by atoms with Gasteiger partial charge in [0.1, 0.15) is 11.8 Å². The molecular formula is C25H32N2O3. The molecule has 2 atom stereocenters. The highest BCUT2D eigenvalue weighted by Crippen LogP contribution is 2.26. The summed E-state index contributed by atoms with van der Waals surface area (Å²) in [6.07, 6.45) is 1.73. The molecule has 1 aliphatic rings. The third-order valence-corrected chi connectivity index (χ3v) is 5.22. The highest BCUT2D eigenvalue weighted by atomic mass is 16.5. The van der Waals surface area contributed by atoms with Crippen LogP contribution >= 0.6 is 0 Å². The monoisotopic (exact) mass is 408 g/mol. The number of carbonyl (C=O) groups is 2. The number of nitrogens with one attached hydrogen (secondary N) is 2. The van der Waals surface area contributed by atoms with E-state index in [4.69, 9.17) is 4.74 Å². The highest BCUT2D eigenvalue weighted by Gasteiger charge is 2.30. The topological polar surface area (TPSA) is 67.4 Å². The van der Waals surface area contributed by atoms with Gasteiger partial charge in [-0.2, -0.15) is 0 Å². The van der Waals surface area contributed by atoms with E-state index in [1.165, 1.54) is 0 Å². The molecule has 5 nitrogen and oxygen atoms in total. The summed E-state index contributed by atoms with van der Waals surface area (Å²) < 4.78 is 5.89. The molecule has 0 spiro atoms. The Kier molecular flexibility index (Phi) is 6.80. The van der Waals surface area contributed by atoms with Crippen LogP contribution in [0.5, 0.6) is 5.75 Å². The average Bonchev–Trinajstić information content (AvgIpc) is 3.51. The van der Waals surface area contributed by atoms with Gasteiger partial charge in [-0.15, -0.1) is 0 Å². The number of benzene rings is 2. The van der Waals surface area contributed by atoms with E-state index in [-0.39, 0.29) is 23.3 Å². The molecule has 1 saturated carbocycles. The van der Waals surface area contributed by atoms with Gasteiger partial charge in [-0.1, -0.05) is 63.2 Å². The number of amides is 2. The van der Waals surface area contributed by atoms with Crippen molar-refractivity contribution in [2.45, 2.75) is 70.6 Å². The van der Waals surface area contributed by atoms with Crippen molar-refractivity contribution in [3.8, 4) is 5.75 Å². The van der Waals surface area contributed by atoms with Crippen molar-refractivity contribution in [2.24, 2.45) is 0 Å². The van der Waals surface area contributed by atoms with Gasteiger partial charge >= 0.3 is 0 Å². The Hall–Kier alpha value is -2.82. The molecule has 0 aromatic heterocycles. The molecule has 0 aliphatic heterocycles. The molecule has 30 heavy (non-hydrogen) atoms. The van der Waals surface area contributed by atoms with Crippen molar-refractivity contribution in [1.82, 2.24) is 10.6 Å². The Labute approximate surface area is 179 Å². The number of hydrogen-bond donors (Lipinski definition) is 2. The Bertz CT molecular complexity index is 869. The van der Waals surface area contributed by atoms with E-state index in [0.29, 0.717) is 12.2 Å².